The van der Waals surface area contributed by atoms with Gasteiger partial charge in [-0.25, -0.2) is 0 Å². The Morgan fingerprint density at radius 2 is 2.28 bits per heavy atom. The number of benzene rings is 1. The van der Waals surface area contributed by atoms with E-state index in [-0.39, 0.29) is 0 Å². The normalized spacial score (nSPS) is 19.2. The van der Waals surface area contributed by atoms with Crippen LogP contribution in [0.2, 0.25) is 0 Å². The van der Waals surface area contributed by atoms with Crippen molar-refractivity contribution in [2.24, 2.45) is 0 Å². The Balaban J connectivity index is 2.13. The van der Waals surface area contributed by atoms with Gasteiger partial charge in [-0.1, -0.05) is 6.07 Å². The zero-order chi connectivity index (χ0) is 13.0. The minimum atomic E-state index is 0.508. The highest BCUT2D eigenvalue weighted by Gasteiger charge is 2.16. The van der Waals surface area contributed by atoms with E-state index in [9.17, 15) is 0 Å². The molecule has 2 N–H and O–H groups in total. The van der Waals surface area contributed by atoms with Gasteiger partial charge in [0.05, 0.1) is 12.8 Å². The Bertz CT molecular complexity index is 387. The molecule has 18 heavy (non-hydrogen) atoms. The van der Waals surface area contributed by atoms with Crippen LogP contribution in [0, 0.1) is 0 Å². The van der Waals surface area contributed by atoms with Gasteiger partial charge in [0, 0.05) is 19.1 Å². The Labute approximate surface area is 109 Å². The number of hydrogen-bond donors (Lipinski definition) is 2. The lowest BCUT2D eigenvalue weighted by Crippen LogP contribution is -2.22. The van der Waals surface area contributed by atoms with E-state index in [0.717, 1.165) is 31.1 Å². The number of hydrogen-bond acceptors (Lipinski definition) is 4. The lowest BCUT2D eigenvalue weighted by molar-refractivity contribution is 0.400. The summed E-state index contributed by atoms with van der Waals surface area (Å²) in [7, 11) is 5.88. The lowest BCUT2D eigenvalue weighted by atomic mass is 10.1. The number of anilines is 1. The average molecular weight is 249 g/mol. The first kappa shape index (κ1) is 13.2. The first-order chi connectivity index (χ1) is 8.69. The molecule has 1 aromatic rings. The van der Waals surface area contributed by atoms with Crippen LogP contribution < -0.4 is 15.4 Å². The second kappa shape index (κ2) is 6.07. The smallest absolute Gasteiger partial charge is 0.141 e. The zero-order valence-electron chi connectivity index (χ0n) is 11.5. The van der Waals surface area contributed by atoms with Gasteiger partial charge in [-0.3, -0.25) is 0 Å². The molecule has 0 aromatic heterocycles. The molecule has 1 aliphatic heterocycles. The molecule has 1 fully saturated rings. The number of nitrogens with one attached hydrogen (secondary N) is 2. The van der Waals surface area contributed by atoms with Crippen LogP contribution in [0.4, 0.5) is 5.69 Å². The van der Waals surface area contributed by atoms with Gasteiger partial charge in [0.1, 0.15) is 5.75 Å². The van der Waals surface area contributed by atoms with E-state index >= 15 is 0 Å². The van der Waals surface area contributed by atoms with E-state index < -0.39 is 0 Å². The molecule has 4 heteroatoms. The molecule has 1 atom stereocenters. The first-order valence-corrected chi connectivity index (χ1v) is 6.48. The fourth-order valence-electron chi connectivity index (χ4n) is 2.33. The van der Waals surface area contributed by atoms with Gasteiger partial charge in [-0.15, -0.1) is 0 Å². The molecule has 0 amide bonds. The second-order valence-corrected chi connectivity index (χ2v) is 5.11. The minimum Gasteiger partial charge on any atom is -0.495 e. The van der Waals surface area contributed by atoms with Crippen molar-refractivity contribution >= 4 is 5.69 Å². The lowest BCUT2D eigenvalue weighted by Gasteiger charge is -2.18. The highest BCUT2D eigenvalue weighted by molar-refractivity contribution is 5.58. The van der Waals surface area contributed by atoms with Gasteiger partial charge >= 0.3 is 0 Å². The van der Waals surface area contributed by atoms with Gasteiger partial charge in [0.15, 0.2) is 0 Å². The molecule has 1 saturated heterocycles. The average Bonchev–Trinajstić information content (AvgIpc) is 2.81. The summed E-state index contributed by atoms with van der Waals surface area (Å²) in [6.07, 6.45) is 1.17. The molecular formula is C14H23N3O. The molecule has 1 aromatic carbocycles. The van der Waals surface area contributed by atoms with Crippen LogP contribution in [0.3, 0.4) is 0 Å². The molecule has 100 valence electrons. The molecule has 0 saturated carbocycles. The van der Waals surface area contributed by atoms with Gasteiger partial charge in [-0.2, -0.15) is 0 Å². The van der Waals surface area contributed by atoms with Crippen molar-refractivity contribution in [2.45, 2.75) is 19.0 Å². The Kier molecular flexibility index (Phi) is 4.44. The number of rotatable bonds is 5. The minimum absolute atomic E-state index is 0.508. The topological polar surface area (TPSA) is 36.5 Å². The molecule has 0 bridgehead atoms. The van der Waals surface area contributed by atoms with Crippen molar-refractivity contribution in [3.63, 3.8) is 0 Å². The van der Waals surface area contributed by atoms with E-state index in [0.29, 0.717) is 6.04 Å². The monoisotopic (exact) mass is 249 g/mol. The maximum atomic E-state index is 5.42. The third kappa shape index (κ3) is 3.37. The maximum Gasteiger partial charge on any atom is 0.141 e. The number of nitrogens with zero attached hydrogens (tertiary/aromatic N) is 1. The zero-order valence-corrected chi connectivity index (χ0v) is 11.5. The SMILES string of the molecule is COc1ccc(CN(C)C)cc1NC1CCNC1. The van der Waals surface area contributed by atoms with E-state index in [1.807, 2.05) is 6.07 Å². The van der Waals surface area contributed by atoms with E-state index in [1.54, 1.807) is 7.11 Å². The molecule has 1 aliphatic rings. The standard InChI is InChI=1S/C14H23N3O/c1-17(2)10-11-4-5-14(18-3)13(8-11)16-12-6-7-15-9-12/h4-5,8,12,15-16H,6-7,9-10H2,1-3H3. The van der Waals surface area contributed by atoms with E-state index in [4.69, 9.17) is 4.74 Å². The van der Waals surface area contributed by atoms with Crippen LogP contribution in [0.1, 0.15) is 12.0 Å². The molecule has 2 rings (SSSR count). The van der Waals surface area contributed by atoms with Crippen molar-refractivity contribution in [3.05, 3.63) is 23.8 Å². The van der Waals surface area contributed by atoms with Gasteiger partial charge in [0.2, 0.25) is 0 Å². The third-order valence-corrected chi connectivity index (χ3v) is 3.18. The Morgan fingerprint density at radius 3 is 2.89 bits per heavy atom. The van der Waals surface area contributed by atoms with Crippen molar-refractivity contribution in [1.82, 2.24) is 10.2 Å². The van der Waals surface area contributed by atoms with Crippen molar-refractivity contribution < 1.29 is 4.74 Å². The number of ether oxygens (including phenoxy) is 1. The van der Waals surface area contributed by atoms with Gasteiger partial charge < -0.3 is 20.3 Å². The van der Waals surface area contributed by atoms with Crippen LogP contribution in [-0.4, -0.2) is 45.2 Å². The van der Waals surface area contributed by atoms with Crippen LogP contribution in [0.5, 0.6) is 5.75 Å². The van der Waals surface area contributed by atoms with Crippen LogP contribution in [-0.2, 0) is 6.54 Å². The highest BCUT2D eigenvalue weighted by atomic mass is 16.5. The molecule has 1 heterocycles. The van der Waals surface area contributed by atoms with Crippen molar-refractivity contribution in [3.8, 4) is 5.75 Å². The van der Waals surface area contributed by atoms with Crippen LogP contribution >= 0.6 is 0 Å². The fraction of sp³-hybridized carbons (Fsp3) is 0.571. The molecule has 1 unspecified atom stereocenters. The summed E-state index contributed by atoms with van der Waals surface area (Å²) in [5.74, 6) is 0.921. The predicted molar refractivity (Wildman–Crippen MR) is 75.3 cm³/mol. The summed E-state index contributed by atoms with van der Waals surface area (Å²) in [4.78, 5) is 2.17. The molecule has 4 nitrogen and oxygen atoms in total. The second-order valence-electron chi connectivity index (χ2n) is 5.11. The summed E-state index contributed by atoms with van der Waals surface area (Å²) in [5.41, 5.74) is 2.40. The maximum absolute atomic E-state index is 5.42. The molecule has 0 spiro atoms. The first-order valence-electron chi connectivity index (χ1n) is 6.48. The quantitative estimate of drug-likeness (QED) is 0.830. The fourth-order valence-corrected chi connectivity index (χ4v) is 2.33. The Hall–Kier alpha value is -1.26. The summed E-state index contributed by atoms with van der Waals surface area (Å²) < 4.78 is 5.42. The largest absolute Gasteiger partial charge is 0.495 e. The molecule has 0 aliphatic carbocycles. The summed E-state index contributed by atoms with van der Waals surface area (Å²) >= 11 is 0. The third-order valence-electron chi connectivity index (χ3n) is 3.18. The van der Waals surface area contributed by atoms with Crippen LogP contribution in [0.25, 0.3) is 0 Å². The summed E-state index contributed by atoms with van der Waals surface area (Å²) in [5, 5.41) is 6.93. The van der Waals surface area contributed by atoms with Gasteiger partial charge in [0.25, 0.3) is 0 Å². The molecule has 0 radical (unpaired) electrons. The Morgan fingerprint density at radius 1 is 1.44 bits per heavy atom. The van der Waals surface area contributed by atoms with Crippen molar-refractivity contribution in [2.75, 3.05) is 39.6 Å². The summed E-state index contributed by atoms with van der Waals surface area (Å²) in [6, 6.07) is 6.87. The highest BCUT2D eigenvalue weighted by Crippen LogP contribution is 2.27. The molecular weight excluding hydrogens is 226 g/mol. The van der Waals surface area contributed by atoms with Crippen molar-refractivity contribution in [1.29, 1.82) is 0 Å². The summed E-state index contributed by atoms with van der Waals surface area (Å²) in [6.45, 7) is 3.07. The van der Waals surface area contributed by atoms with E-state index in [1.165, 1.54) is 12.0 Å². The van der Waals surface area contributed by atoms with Gasteiger partial charge in [-0.05, 0) is 44.8 Å². The van der Waals surface area contributed by atoms with Crippen LogP contribution in [0.15, 0.2) is 18.2 Å². The predicted octanol–water partition coefficient (Wildman–Crippen LogP) is 1.53. The van der Waals surface area contributed by atoms with E-state index in [2.05, 4.69) is 41.8 Å². The number of methoxy groups -OCH3 is 1.